The topological polar surface area (TPSA) is 67.1 Å². The summed E-state index contributed by atoms with van der Waals surface area (Å²) in [4.78, 5) is 11.8. The smallest absolute Gasteiger partial charge is 0.223 e. The van der Waals surface area contributed by atoms with Gasteiger partial charge in [0.2, 0.25) is 5.91 Å². The summed E-state index contributed by atoms with van der Waals surface area (Å²) in [6.07, 6.45) is 1.87. The molecular formula is C10H21N3O. The van der Waals surface area contributed by atoms with Gasteiger partial charge in [-0.15, -0.1) is 0 Å². The van der Waals surface area contributed by atoms with E-state index < -0.39 is 0 Å². The molecule has 0 aromatic heterocycles. The SMILES string of the molecule is CC(C)(CN)NC(=O)C1CCNCC1. The number of hydrogen-bond donors (Lipinski definition) is 3. The van der Waals surface area contributed by atoms with Crippen molar-refractivity contribution in [3.8, 4) is 0 Å². The number of hydrogen-bond acceptors (Lipinski definition) is 3. The molecule has 1 heterocycles. The third-order valence-corrected chi connectivity index (χ3v) is 2.68. The Labute approximate surface area is 85.6 Å². The van der Waals surface area contributed by atoms with Gasteiger partial charge < -0.3 is 16.4 Å². The van der Waals surface area contributed by atoms with Crippen LogP contribution in [0.3, 0.4) is 0 Å². The average molecular weight is 199 g/mol. The van der Waals surface area contributed by atoms with E-state index in [-0.39, 0.29) is 17.4 Å². The predicted molar refractivity (Wildman–Crippen MR) is 56.9 cm³/mol. The van der Waals surface area contributed by atoms with Crippen molar-refractivity contribution in [2.45, 2.75) is 32.2 Å². The molecule has 1 fully saturated rings. The second-order valence-corrected chi connectivity index (χ2v) is 4.60. The summed E-state index contributed by atoms with van der Waals surface area (Å²) < 4.78 is 0. The molecule has 0 saturated carbocycles. The summed E-state index contributed by atoms with van der Waals surface area (Å²) in [6.45, 7) is 6.27. The molecule has 4 N–H and O–H groups in total. The van der Waals surface area contributed by atoms with E-state index in [4.69, 9.17) is 5.73 Å². The van der Waals surface area contributed by atoms with E-state index in [1.807, 2.05) is 13.8 Å². The lowest BCUT2D eigenvalue weighted by Gasteiger charge is -2.29. The number of carbonyl (C=O) groups is 1. The molecule has 0 aromatic carbocycles. The van der Waals surface area contributed by atoms with Crippen LogP contribution in [0.1, 0.15) is 26.7 Å². The zero-order chi connectivity index (χ0) is 10.6. The molecule has 14 heavy (non-hydrogen) atoms. The van der Waals surface area contributed by atoms with Crippen molar-refractivity contribution >= 4 is 5.91 Å². The average Bonchev–Trinajstić information content (AvgIpc) is 2.19. The molecule has 0 aliphatic carbocycles. The molecule has 0 spiro atoms. The van der Waals surface area contributed by atoms with E-state index in [2.05, 4.69) is 10.6 Å². The van der Waals surface area contributed by atoms with Crippen LogP contribution in [0.25, 0.3) is 0 Å². The molecule has 82 valence electrons. The first kappa shape index (κ1) is 11.5. The van der Waals surface area contributed by atoms with Crippen molar-refractivity contribution in [3.05, 3.63) is 0 Å². The van der Waals surface area contributed by atoms with E-state index in [9.17, 15) is 4.79 Å². The molecule has 0 radical (unpaired) electrons. The fourth-order valence-corrected chi connectivity index (χ4v) is 1.57. The lowest BCUT2D eigenvalue weighted by Crippen LogP contribution is -2.51. The number of rotatable bonds is 3. The summed E-state index contributed by atoms with van der Waals surface area (Å²) in [6, 6.07) is 0. The Morgan fingerprint density at radius 1 is 1.50 bits per heavy atom. The fraction of sp³-hybridized carbons (Fsp3) is 0.900. The Morgan fingerprint density at radius 3 is 2.57 bits per heavy atom. The quantitative estimate of drug-likeness (QED) is 0.591. The molecule has 1 aliphatic heterocycles. The standard InChI is InChI=1S/C10H21N3O/c1-10(2,7-11)13-9(14)8-3-5-12-6-4-8/h8,12H,3-7,11H2,1-2H3,(H,13,14). The first-order valence-electron chi connectivity index (χ1n) is 5.28. The van der Waals surface area contributed by atoms with Crippen LogP contribution in [0.4, 0.5) is 0 Å². The summed E-state index contributed by atoms with van der Waals surface area (Å²) in [5, 5.41) is 6.23. The summed E-state index contributed by atoms with van der Waals surface area (Å²) in [7, 11) is 0. The molecule has 1 rings (SSSR count). The van der Waals surface area contributed by atoms with Crippen LogP contribution in [0.2, 0.25) is 0 Å². The van der Waals surface area contributed by atoms with Crippen LogP contribution in [0.5, 0.6) is 0 Å². The van der Waals surface area contributed by atoms with Crippen molar-refractivity contribution < 1.29 is 4.79 Å². The van der Waals surface area contributed by atoms with E-state index in [0.29, 0.717) is 6.54 Å². The third-order valence-electron chi connectivity index (χ3n) is 2.68. The first-order chi connectivity index (χ1) is 6.55. The first-order valence-corrected chi connectivity index (χ1v) is 5.28. The normalized spacial score (nSPS) is 19.4. The molecular weight excluding hydrogens is 178 g/mol. The van der Waals surface area contributed by atoms with Gasteiger partial charge in [-0.2, -0.15) is 0 Å². The van der Waals surface area contributed by atoms with Gasteiger partial charge in [0.05, 0.1) is 0 Å². The largest absolute Gasteiger partial charge is 0.350 e. The fourth-order valence-electron chi connectivity index (χ4n) is 1.57. The van der Waals surface area contributed by atoms with Gasteiger partial charge in [0.15, 0.2) is 0 Å². The highest BCUT2D eigenvalue weighted by Gasteiger charge is 2.25. The van der Waals surface area contributed by atoms with Crippen molar-refractivity contribution in [2.24, 2.45) is 11.7 Å². The summed E-state index contributed by atoms with van der Waals surface area (Å²) >= 11 is 0. The van der Waals surface area contributed by atoms with Gasteiger partial charge in [0.1, 0.15) is 0 Å². The number of amides is 1. The highest BCUT2D eigenvalue weighted by molar-refractivity contribution is 5.79. The van der Waals surface area contributed by atoms with Gasteiger partial charge in [-0.3, -0.25) is 4.79 Å². The molecule has 4 nitrogen and oxygen atoms in total. The van der Waals surface area contributed by atoms with Gasteiger partial charge >= 0.3 is 0 Å². The number of nitrogens with one attached hydrogen (secondary N) is 2. The van der Waals surface area contributed by atoms with E-state index >= 15 is 0 Å². The molecule has 0 unspecified atom stereocenters. The van der Waals surface area contributed by atoms with Crippen LogP contribution >= 0.6 is 0 Å². The van der Waals surface area contributed by atoms with Gasteiger partial charge in [0.25, 0.3) is 0 Å². The lowest BCUT2D eigenvalue weighted by molar-refractivity contribution is -0.127. The maximum Gasteiger partial charge on any atom is 0.223 e. The molecule has 0 atom stereocenters. The van der Waals surface area contributed by atoms with Gasteiger partial charge in [-0.25, -0.2) is 0 Å². The van der Waals surface area contributed by atoms with Crippen molar-refractivity contribution in [1.29, 1.82) is 0 Å². The Hall–Kier alpha value is -0.610. The van der Waals surface area contributed by atoms with Crippen molar-refractivity contribution in [1.82, 2.24) is 10.6 Å². The molecule has 1 amide bonds. The Balaban J connectivity index is 2.40. The van der Waals surface area contributed by atoms with Crippen molar-refractivity contribution in [2.75, 3.05) is 19.6 Å². The summed E-state index contributed by atoms with van der Waals surface area (Å²) in [5.41, 5.74) is 5.28. The minimum absolute atomic E-state index is 0.155. The molecule has 4 heteroatoms. The van der Waals surface area contributed by atoms with E-state index in [1.54, 1.807) is 0 Å². The molecule has 1 saturated heterocycles. The second kappa shape index (κ2) is 4.75. The van der Waals surface area contributed by atoms with E-state index in [1.165, 1.54) is 0 Å². The maximum absolute atomic E-state index is 11.8. The van der Waals surface area contributed by atoms with Crippen LogP contribution in [-0.4, -0.2) is 31.1 Å². The second-order valence-electron chi connectivity index (χ2n) is 4.60. The third kappa shape index (κ3) is 3.27. The van der Waals surface area contributed by atoms with Crippen LogP contribution in [0, 0.1) is 5.92 Å². The highest BCUT2D eigenvalue weighted by atomic mass is 16.2. The Bertz CT molecular complexity index is 198. The predicted octanol–water partition coefficient (Wildman–Crippen LogP) is -0.160. The minimum atomic E-state index is -0.276. The number of carbonyl (C=O) groups excluding carboxylic acids is 1. The Kier molecular flexibility index (Phi) is 3.89. The van der Waals surface area contributed by atoms with E-state index in [0.717, 1.165) is 25.9 Å². The Morgan fingerprint density at radius 2 is 2.07 bits per heavy atom. The van der Waals surface area contributed by atoms with Gasteiger partial charge in [-0.05, 0) is 39.8 Å². The number of nitrogens with two attached hydrogens (primary N) is 1. The lowest BCUT2D eigenvalue weighted by atomic mass is 9.95. The van der Waals surface area contributed by atoms with Crippen LogP contribution in [0.15, 0.2) is 0 Å². The zero-order valence-corrected chi connectivity index (χ0v) is 9.10. The minimum Gasteiger partial charge on any atom is -0.350 e. The monoisotopic (exact) mass is 199 g/mol. The van der Waals surface area contributed by atoms with Crippen molar-refractivity contribution in [3.63, 3.8) is 0 Å². The van der Waals surface area contributed by atoms with Crippen LogP contribution in [-0.2, 0) is 4.79 Å². The highest BCUT2D eigenvalue weighted by Crippen LogP contribution is 2.13. The maximum atomic E-state index is 11.8. The van der Waals surface area contributed by atoms with Gasteiger partial charge in [0, 0.05) is 18.0 Å². The van der Waals surface area contributed by atoms with Gasteiger partial charge in [-0.1, -0.05) is 0 Å². The zero-order valence-electron chi connectivity index (χ0n) is 9.10. The molecule has 0 aromatic rings. The summed E-state index contributed by atoms with van der Waals surface area (Å²) in [5.74, 6) is 0.323. The molecule has 0 bridgehead atoms. The molecule has 1 aliphatic rings. The van der Waals surface area contributed by atoms with Crippen LogP contribution < -0.4 is 16.4 Å². The number of piperidine rings is 1.